The third-order valence-corrected chi connectivity index (χ3v) is 4.71. The molecule has 136 valence electrons. The number of halogens is 1. The number of thiocarbonyl (C=S) groups is 1. The molecule has 0 radical (unpaired) electrons. The van der Waals surface area contributed by atoms with E-state index in [9.17, 15) is 9.18 Å². The second kappa shape index (κ2) is 7.86. The van der Waals surface area contributed by atoms with Gasteiger partial charge in [0, 0.05) is 13.1 Å². The molecule has 25 heavy (non-hydrogen) atoms. The lowest BCUT2D eigenvalue weighted by atomic mass is 10.2. The summed E-state index contributed by atoms with van der Waals surface area (Å²) in [6.45, 7) is 2.41. The first-order chi connectivity index (χ1) is 12.0. The molecule has 0 bridgehead atoms. The van der Waals surface area contributed by atoms with E-state index in [0.29, 0.717) is 24.5 Å². The second-order valence-corrected chi connectivity index (χ2v) is 6.84. The van der Waals surface area contributed by atoms with Gasteiger partial charge in [0.15, 0.2) is 5.11 Å². The van der Waals surface area contributed by atoms with Gasteiger partial charge in [0.05, 0.1) is 24.5 Å². The van der Waals surface area contributed by atoms with E-state index in [1.165, 1.54) is 23.8 Å². The van der Waals surface area contributed by atoms with Crippen molar-refractivity contribution in [2.75, 3.05) is 36.0 Å². The van der Waals surface area contributed by atoms with E-state index in [4.69, 9.17) is 22.7 Å². The maximum atomic E-state index is 14.6. The number of hydrogen-bond acceptors (Lipinski definition) is 4. The van der Waals surface area contributed by atoms with Gasteiger partial charge in [-0.2, -0.15) is 0 Å². The summed E-state index contributed by atoms with van der Waals surface area (Å²) in [4.78, 5) is 15.6. The van der Waals surface area contributed by atoms with Crippen LogP contribution in [-0.2, 0) is 4.74 Å². The van der Waals surface area contributed by atoms with Gasteiger partial charge in [0.2, 0.25) is 0 Å². The van der Waals surface area contributed by atoms with Crippen LogP contribution in [-0.4, -0.2) is 43.5 Å². The Kier molecular flexibility index (Phi) is 5.57. The second-order valence-electron chi connectivity index (χ2n) is 6.40. The number of nitrogens with one attached hydrogen (secondary N) is 1. The number of nitrogens with zero attached hydrogens (tertiary/aromatic N) is 2. The highest BCUT2D eigenvalue weighted by Gasteiger charge is 2.32. The third kappa shape index (κ3) is 4.31. The van der Waals surface area contributed by atoms with Crippen molar-refractivity contribution >= 4 is 34.8 Å². The van der Waals surface area contributed by atoms with Gasteiger partial charge in [-0.15, -0.1) is 0 Å². The van der Waals surface area contributed by atoms with Crippen LogP contribution >= 0.6 is 12.2 Å². The smallest absolute Gasteiger partial charge is 0.414 e. The molecule has 2 heterocycles. The van der Waals surface area contributed by atoms with Crippen molar-refractivity contribution in [3.63, 3.8) is 0 Å². The SMILES string of the molecule is NC(=S)NC[C@H]1CN(c2ccc(N3CCCCCC3)c(F)c2)C(=O)O1. The van der Waals surface area contributed by atoms with Crippen molar-refractivity contribution in [2.24, 2.45) is 5.73 Å². The highest BCUT2D eigenvalue weighted by Crippen LogP contribution is 2.29. The Balaban J connectivity index is 1.69. The summed E-state index contributed by atoms with van der Waals surface area (Å²) in [5.41, 5.74) is 6.48. The minimum Gasteiger partial charge on any atom is -0.442 e. The molecule has 2 aliphatic heterocycles. The van der Waals surface area contributed by atoms with Crippen molar-refractivity contribution in [1.82, 2.24) is 5.32 Å². The van der Waals surface area contributed by atoms with Crippen LogP contribution in [0.2, 0.25) is 0 Å². The van der Waals surface area contributed by atoms with Crippen LogP contribution in [0.1, 0.15) is 25.7 Å². The molecule has 2 fully saturated rings. The zero-order valence-corrected chi connectivity index (χ0v) is 14.9. The number of ether oxygens (including phenoxy) is 1. The van der Waals surface area contributed by atoms with Crippen molar-refractivity contribution in [1.29, 1.82) is 0 Å². The average molecular weight is 366 g/mol. The first kappa shape index (κ1) is 17.7. The van der Waals surface area contributed by atoms with Crippen LogP contribution in [0, 0.1) is 5.82 Å². The summed E-state index contributed by atoms with van der Waals surface area (Å²) in [6.07, 6.45) is 3.68. The van der Waals surface area contributed by atoms with Gasteiger partial charge >= 0.3 is 6.09 Å². The lowest BCUT2D eigenvalue weighted by Gasteiger charge is -2.24. The molecule has 1 amide bonds. The lowest BCUT2D eigenvalue weighted by Crippen LogP contribution is -2.37. The standard InChI is InChI=1S/C17H23FN4O2S/c18-14-9-12(5-6-15(14)21-7-3-1-2-4-8-21)22-11-13(24-17(22)23)10-20-16(19)25/h5-6,9,13H,1-4,7-8,10-11H2,(H3,19,20,25)/t13-/m0/s1. The molecule has 6 nitrogen and oxygen atoms in total. The van der Waals surface area contributed by atoms with E-state index in [0.717, 1.165) is 25.9 Å². The molecule has 2 aliphatic rings. The summed E-state index contributed by atoms with van der Waals surface area (Å²) in [5.74, 6) is -0.308. The Morgan fingerprint density at radius 2 is 2.04 bits per heavy atom. The van der Waals surface area contributed by atoms with Crippen LogP contribution in [0.4, 0.5) is 20.6 Å². The fourth-order valence-electron chi connectivity index (χ4n) is 3.28. The molecule has 3 N–H and O–H groups in total. The van der Waals surface area contributed by atoms with E-state index in [1.807, 2.05) is 0 Å². The number of hydrogen-bond donors (Lipinski definition) is 2. The fourth-order valence-corrected chi connectivity index (χ4v) is 3.37. The van der Waals surface area contributed by atoms with Gasteiger partial charge in [-0.25, -0.2) is 9.18 Å². The summed E-state index contributed by atoms with van der Waals surface area (Å²) < 4.78 is 19.9. The quantitative estimate of drug-likeness (QED) is 0.797. The molecule has 3 rings (SSSR count). The van der Waals surface area contributed by atoms with E-state index >= 15 is 0 Å². The number of anilines is 2. The van der Waals surface area contributed by atoms with Crippen molar-refractivity contribution in [3.8, 4) is 0 Å². The largest absolute Gasteiger partial charge is 0.442 e. The summed E-state index contributed by atoms with van der Waals surface area (Å²) in [7, 11) is 0. The molecule has 2 saturated heterocycles. The van der Waals surface area contributed by atoms with E-state index in [2.05, 4.69) is 10.2 Å². The van der Waals surface area contributed by atoms with Gasteiger partial charge in [0.1, 0.15) is 11.9 Å². The molecule has 1 aromatic rings. The molecule has 8 heteroatoms. The van der Waals surface area contributed by atoms with E-state index in [-0.39, 0.29) is 17.0 Å². The van der Waals surface area contributed by atoms with Crippen LogP contribution < -0.4 is 20.9 Å². The highest BCUT2D eigenvalue weighted by molar-refractivity contribution is 7.80. The van der Waals surface area contributed by atoms with E-state index in [1.54, 1.807) is 12.1 Å². The Labute approximate surface area is 152 Å². The van der Waals surface area contributed by atoms with Crippen molar-refractivity contribution in [3.05, 3.63) is 24.0 Å². The predicted molar refractivity (Wildman–Crippen MR) is 99.5 cm³/mol. The monoisotopic (exact) mass is 366 g/mol. The van der Waals surface area contributed by atoms with Gasteiger partial charge < -0.3 is 20.7 Å². The molecule has 0 saturated carbocycles. The first-order valence-corrected chi connectivity index (χ1v) is 9.01. The third-order valence-electron chi connectivity index (χ3n) is 4.57. The Morgan fingerprint density at radius 1 is 1.32 bits per heavy atom. The maximum Gasteiger partial charge on any atom is 0.414 e. The van der Waals surface area contributed by atoms with Crippen LogP contribution in [0.5, 0.6) is 0 Å². The molecule has 0 aromatic heterocycles. The topological polar surface area (TPSA) is 70.8 Å². The zero-order chi connectivity index (χ0) is 17.8. The number of nitrogens with two attached hydrogens (primary N) is 1. The van der Waals surface area contributed by atoms with E-state index < -0.39 is 6.09 Å². The number of carbonyl (C=O) groups excluding carboxylic acids is 1. The number of amides is 1. The molecule has 1 aromatic carbocycles. The molecule has 0 spiro atoms. The minimum absolute atomic E-state index is 0.155. The van der Waals surface area contributed by atoms with Gasteiger partial charge in [-0.3, -0.25) is 4.90 Å². The van der Waals surface area contributed by atoms with Crippen molar-refractivity contribution < 1.29 is 13.9 Å². The fraction of sp³-hybridized carbons (Fsp3) is 0.529. The highest BCUT2D eigenvalue weighted by atomic mass is 32.1. The first-order valence-electron chi connectivity index (χ1n) is 8.60. The van der Waals surface area contributed by atoms with Crippen LogP contribution in [0.15, 0.2) is 18.2 Å². The molecule has 1 atom stereocenters. The maximum absolute atomic E-state index is 14.6. The number of rotatable bonds is 4. The molecular formula is C17H23FN4O2S. The Bertz CT molecular complexity index is 650. The number of cyclic esters (lactones) is 1. The molecular weight excluding hydrogens is 343 g/mol. The molecule has 0 unspecified atom stereocenters. The average Bonchev–Trinajstić information content (AvgIpc) is 2.78. The Morgan fingerprint density at radius 3 is 2.68 bits per heavy atom. The van der Waals surface area contributed by atoms with Gasteiger partial charge in [-0.05, 0) is 43.3 Å². The summed E-state index contributed by atoms with van der Waals surface area (Å²) in [6, 6.07) is 4.93. The van der Waals surface area contributed by atoms with Crippen molar-refractivity contribution in [2.45, 2.75) is 31.8 Å². The van der Waals surface area contributed by atoms with Gasteiger partial charge in [0.25, 0.3) is 0 Å². The minimum atomic E-state index is -0.489. The Hall–Kier alpha value is -2.09. The summed E-state index contributed by atoms with van der Waals surface area (Å²) in [5, 5.41) is 2.93. The molecule has 0 aliphatic carbocycles. The van der Waals surface area contributed by atoms with Crippen LogP contribution in [0.3, 0.4) is 0 Å². The normalized spacial score (nSPS) is 21.0. The number of carbonyl (C=O) groups is 1. The zero-order valence-electron chi connectivity index (χ0n) is 14.0. The van der Waals surface area contributed by atoms with Crippen LogP contribution in [0.25, 0.3) is 0 Å². The van der Waals surface area contributed by atoms with Gasteiger partial charge in [-0.1, -0.05) is 12.8 Å². The predicted octanol–water partition coefficient (Wildman–Crippen LogP) is 2.36. The number of benzene rings is 1. The summed E-state index contributed by atoms with van der Waals surface area (Å²) >= 11 is 4.74. The lowest BCUT2D eigenvalue weighted by molar-refractivity contribution is 0.143.